The van der Waals surface area contributed by atoms with Crippen LogP contribution in [0, 0.1) is 5.92 Å². The Morgan fingerprint density at radius 3 is 2.70 bits per heavy atom. The van der Waals surface area contributed by atoms with E-state index in [2.05, 4.69) is 12.2 Å². The van der Waals surface area contributed by atoms with E-state index in [1.807, 2.05) is 10.6 Å². The van der Waals surface area contributed by atoms with E-state index in [9.17, 15) is 9.59 Å². The molecule has 0 bridgehead atoms. The molecule has 8 heteroatoms. The number of benzene rings is 1. The van der Waals surface area contributed by atoms with E-state index >= 15 is 0 Å². The number of fused-ring (bicyclic) bond motifs is 3. The van der Waals surface area contributed by atoms with Crippen molar-refractivity contribution in [2.45, 2.75) is 57.7 Å². The molecular formula is C25H28ClN3O4. The van der Waals surface area contributed by atoms with Gasteiger partial charge >= 0.3 is 0 Å². The molecular weight excluding hydrogens is 442 g/mol. The van der Waals surface area contributed by atoms with Crippen LogP contribution >= 0.6 is 11.6 Å². The molecule has 33 heavy (non-hydrogen) atoms. The van der Waals surface area contributed by atoms with E-state index in [1.54, 1.807) is 37.5 Å². The summed E-state index contributed by atoms with van der Waals surface area (Å²) in [7, 11) is 1.54. The Labute approximate surface area is 197 Å². The van der Waals surface area contributed by atoms with E-state index in [1.165, 1.54) is 12.0 Å². The fourth-order valence-electron chi connectivity index (χ4n) is 5.17. The molecule has 3 aromatic rings. The number of halogens is 1. The standard InChI is InChI=1S/C25H28ClN3O4/c1-15-4-7-17(8-5-15)27-24(31)25(2)14-28-18-10-11-33-22(18)13-20(28)23(30)29(25)19-12-16(26)6-9-21(19)32-3/h6,9-13,15,17H,4-5,7-8,14H2,1-3H3,(H,27,31). The Morgan fingerprint density at radius 2 is 1.97 bits per heavy atom. The summed E-state index contributed by atoms with van der Waals surface area (Å²) in [6.07, 6.45) is 5.65. The summed E-state index contributed by atoms with van der Waals surface area (Å²) in [5.41, 5.74) is 1.13. The van der Waals surface area contributed by atoms with Crippen LogP contribution in [0.4, 0.5) is 5.69 Å². The third-order valence-electron chi connectivity index (χ3n) is 7.13. The fraction of sp³-hybridized carbons (Fsp3) is 0.440. The molecule has 1 aromatic carbocycles. The summed E-state index contributed by atoms with van der Waals surface area (Å²) >= 11 is 6.32. The van der Waals surface area contributed by atoms with Crippen molar-refractivity contribution in [3.05, 3.63) is 47.3 Å². The number of nitrogens with zero attached hydrogens (tertiary/aromatic N) is 2. The van der Waals surface area contributed by atoms with Gasteiger partial charge in [0, 0.05) is 23.2 Å². The minimum Gasteiger partial charge on any atom is -0.495 e. The molecule has 1 fully saturated rings. The molecule has 3 heterocycles. The Hall–Kier alpha value is -2.93. The Kier molecular flexibility index (Phi) is 5.40. The van der Waals surface area contributed by atoms with Crippen LogP contribution in [0.1, 0.15) is 50.0 Å². The zero-order valence-electron chi connectivity index (χ0n) is 19.1. The van der Waals surface area contributed by atoms with E-state index in [0.717, 1.165) is 31.2 Å². The molecule has 1 atom stereocenters. The predicted octanol–water partition coefficient (Wildman–Crippen LogP) is 5.01. The first-order valence-electron chi connectivity index (χ1n) is 11.4. The van der Waals surface area contributed by atoms with Crippen LogP contribution in [-0.4, -0.2) is 35.1 Å². The lowest BCUT2D eigenvalue weighted by Gasteiger charge is -2.45. The van der Waals surface area contributed by atoms with E-state index in [4.69, 9.17) is 20.8 Å². The smallest absolute Gasteiger partial charge is 0.276 e. The first-order chi connectivity index (χ1) is 15.8. The lowest BCUT2D eigenvalue weighted by Crippen LogP contribution is -2.65. The Balaban J connectivity index is 1.61. The topological polar surface area (TPSA) is 76.7 Å². The highest BCUT2D eigenvalue weighted by molar-refractivity contribution is 6.31. The molecule has 0 spiro atoms. The van der Waals surface area contributed by atoms with Crippen LogP contribution < -0.4 is 15.0 Å². The van der Waals surface area contributed by atoms with Crippen LogP contribution in [0.25, 0.3) is 11.1 Å². The van der Waals surface area contributed by atoms with Gasteiger partial charge in [0.15, 0.2) is 5.58 Å². The second-order valence-electron chi connectivity index (χ2n) is 9.45. The molecule has 1 saturated carbocycles. The maximum absolute atomic E-state index is 13.9. The Bertz CT molecular complexity index is 1220. The maximum atomic E-state index is 13.9. The number of hydrogen-bond donors (Lipinski definition) is 1. The number of hydrogen-bond acceptors (Lipinski definition) is 4. The van der Waals surface area contributed by atoms with Crippen molar-refractivity contribution in [3.63, 3.8) is 0 Å². The van der Waals surface area contributed by atoms with Crippen molar-refractivity contribution in [2.24, 2.45) is 5.92 Å². The van der Waals surface area contributed by atoms with Crippen molar-refractivity contribution in [3.8, 4) is 5.75 Å². The third-order valence-corrected chi connectivity index (χ3v) is 7.36. The number of furan rings is 1. The lowest BCUT2D eigenvalue weighted by molar-refractivity contribution is -0.127. The first-order valence-corrected chi connectivity index (χ1v) is 11.8. The van der Waals surface area contributed by atoms with Gasteiger partial charge in [0.05, 0.1) is 31.1 Å². The number of carbonyl (C=O) groups is 2. The predicted molar refractivity (Wildman–Crippen MR) is 127 cm³/mol. The van der Waals surface area contributed by atoms with Gasteiger partial charge in [0.2, 0.25) is 5.91 Å². The minimum atomic E-state index is -1.20. The van der Waals surface area contributed by atoms with Gasteiger partial charge in [-0.3, -0.25) is 14.5 Å². The molecule has 7 nitrogen and oxygen atoms in total. The van der Waals surface area contributed by atoms with Crippen molar-refractivity contribution in [1.29, 1.82) is 0 Å². The molecule has 2 amide bonds. The largest absolute Gasteiger partial charge is 0.495 e. The van der Waals surface area contributed by atoms with Gasteiger partial charge in [-0.25, -0.2) is 0 Å². The molecule has 2 aromatic heterocycles. The summed E-state index contributed by atoms with van der Waals surface area (Å²) in [6, 6.07) is 8.74. The van der Waals surface area contributed by atoms with Crippen molar-refractivity contribution in [2.75, 3.05) is 12.0 Å². The van der Waals surface area contributed by atoms with Gasteiger partial charge < -0.3 is 19.0 Å². The van der Waals surface area contributed by atoms with E-state index in [-0.39, 0.29) is 24.4 Å². The number of carbonyl (C=O) groups excluding carboxylic acids is 2. The van der Waals surface area contributed by atoms with Crippen LogP contribution in [0.15, 0.2) is 41.0 Å². The van der Waals surface area contributed by atoms with Crippen molar-refractivity contribution >= 4 is 40.2 Å². The molecule has 174 valence electrons. The number of methoxy groups -OCH3 is 1. The summed E-state index contributed by atoms with van der Waals surface area (Å²) in [4.78, 5) is 29.3. The second-order valence-corrected chi connectivity index (χ2v) is 9.88. The zero-order chi connectivity index (χ0) is 23.3. The monoisotopic (exact) mass is 469 g/mol. The van der Waals surface area contributed by atoms with E-state index < -0.39 is 5.54 Å². The molecule has 5 rings (SSSR count). The van der Waals surface area contributed by atoms with Gasteiger partial charge in [-0.2, -0.15) is 0 Å². The molecule has 0 radical (unpaired) electrons. The average Bonchev–Trinajstić information content (AvgIpc) is 3.38. The number of aromatic nitrogens is 1. The molecule has 0 saturated heterocycles. The van der Waals surface area contributed by atoms with Crippen LogP contribution in [0.2, 0.25) is 5.02 Å². The van der Waals surface area contributed by atoms with Crippen molar-refractivity contribution < 1.29 is 18.7 Å². The van der Waals surface area contributed by atoms with Gasteiger partial charge in [-0.05, 0) is 56.7 Å². The molecule has 2 aliphatic rings. The molecule has 1 N–H and O–H groups in total. The maximum Gasteiger partial charge on any atom is 0.276 e. The van der Waals surface area contributed by atoms with Gasteiger partial charge in [0.1, 0.15) is 17.0 Å². The highest BCUT2D eigenvalue weighted by atomic mass is 35.5. The third kappa shape index (κ3) is 3.59. The normalized spacial score (nSPS) is 25.2. The second kappa shape index (κ2) is 8.13. The van der Waals surface area contributed by atoms with Crippen LogP contribution in [-0.2, 0) is 11.3 Å². The highest BCUT2D eigenvalue weighted by Crippen LogP contribution is 2.41. The first kappa shape index (κ1) is 21.9. The summed E-state index contributed by atoms with van der Waals surface area (Å²) in [5.74, 6) is 0.660. The molecule has 1 aliphatic carbocycles. The SMILES string of the molecule is COc1ccc(Cl)cc1N1C(=O)c2cc3occc3n2CC1(C)C(=O)NC1CCC(C)CC1. The quantitative estimate of drug-likeness (QED) is 0.582. The fourth-order valence-corrected chi connectivity index (χ4v) is 5.34. The summed E-state index contributed by atoms with van der Waals surface area (Å²) in [6.45, 7) is 4.33. The van der Waals surface area contributed by atoms with Crippen LogP contribution in [0.5, 0.6) is 5.75 Å². The van der Waals surface area contributed by atoms with Gasteiger partial charge in [0.25, 0.3) is 5.91 Å². The number of nitrogens with one attached hydrogen (secondary N) is 1. The Morgan fingerprint density at radius 1 is 1.21 bits per heavy atom. The number of rotatable bonds is 4. The summed E-state index contributed by atoms with van der Waals surface area (Å²) in [5, 5.41) is 3.70. The van der Waals surface area contributed by atoms with Crippen LogP contribution in [0.3, 0.4) is 0 Å². The summed E-state index contributed by atoms with van der Waals surface area (Å²) < 4.78 is 13.0. The number of amides is 2. The average molecular weight is 470 g/mol. The molecule has 1 aliphatic heterocycles. The van der Waals surface area contributed by atoms with E-state index in [0.29, 0.717) is 33.7 Å². The van der Waals surface area contributed by atoms with Gasteiger partial charge in [-0.15, -0.1) is 0 Å². The number of anilines is 1. The zero-order valence-corrected chi connectivity index (χ0v) is 19.8. The molecule has 1 unspecified atom stereocenters. The number of ether oxygens (including phenoxy) is 1. The van der Waals surface area contributed by atoms with Gasteiger partial charge in [-0.1, -0.05) is 18.5 Å². The van der Waals surface area contributed by atoms with Crippen molar-refractivity contribution in [1.82, 2.24) is 9.88 Å². The minimum absolute atomic E-state index is 0.101. The highest BCUT2D eigenvalue weighted by Gasteiger charge is 2.50. The lowest BCUT2D eigenvalue weighted by atomic mass is 9.86.